The zero-order valence-electron chi connectivity index (χ0n) is 18.6. The Bertz CT molecular complexity index is 1160. The minimum absolute atomic E-state index is 0.0154. The quantitative estimate of drug-likeness (QED) is 0.628. The molecule has 0 radical (unpaired) electrons. The first-order chi connectivity index (χ1) is 15.6. The SMILES string of the molecule is C=CC(=O)N1CCC(c2c(-c3ccc(CN4CCCC4)cc3)c3c(N)ncnc3n2C)C1. The highest BCUT2D eigenvalue weighted by Crippen LogP contribution is 2.42. The van der Waals surface area contributed by atoms with E-state index in [-0.39, 0.29) is 11.8 Å². The van der Waals surface area contributed by atoms with Gasteiger partial charge in [-0.25, -0.2) is 9.97 Å². The lowest BCUT2D eigenvalue weighted by Gasteiger charge is -2.18. The summed E-state index contributed by atoms with van der Waals surface area (Å²) in [4.78, 5) is 25.4. The maximum absolute atomic E-state index is 12.2. The highest BCUT2D eigenvalue weighted by Gasteiger charge is 2.32. The molecule has 4 heterocycles. The number of anilines is 1. The molecule has 1 aromatic carbocycles. The molecule has 2 saturated heterocycles. The second kappa shape index (κ2) is 8.39. The Morgan fingerprint density at radius 3 is 2.66 bits per heavy atom. The summed E-state index contributed by atoms with van der Waals surface area (Å²) >= 11 is 0. The van der Waals surface area contributed by atoms with Crippen molar-refractivity contribution in [2.24, 2.45) is 7.05 Å². The molecule has 2 N–H and O–H groups in total. The zero-order valence-corrected chi connectivity index (χ0v) is 18.6. The second-order valence-electron chi connectivity index (χ2n) is 8.93. The summed E-state index contributed by atoms with van der Waals surface area (Å²) in [6.45, 7) is 8.41. The van der Waals surface area contributed by atoms with Crippen LogP contribution in [0.2, 0.25) is 0 Å². The minimum atomic E-state index is -0.0154. The third kappa shape index (κ3) is 3.56. The number of likely N-dealkylation sites (tertiary alicyclic amines) is 2. The molecule has 7 heteroatoms. The van der Waals surface area contributed by atoms with E-state index in [0.29, 0.717) is 12.4 Å². The fourth-order valence-electron chi connectivity index (χ4n) is 5.35. The molecule has 0 aliphatic carbocycles. The monoisotopic (exact) mass is 430 g/mol. The van der Waals surface area contributed by atoms with Gasteiger partial charge in [-0.3, -0.25) is 9.69 Å². The van der Waals surface area contributed by atoms with E-state index in [0.717, 1.165) is 41.7 Å². The van der Waals surface area contributed by atoms with Crippen molar-refractivity contribution in [1.82, 2.24) is 24.3 Å². The van der Waals surface area contributed by atoms with Crippen molar-refractivity contribution < 1.29 is 4.79 Å². The van der Waals surface area contributed by atoms with Gasteiger partial charge in [0.25, 0.3) is 0 Å². The predicted octanol–water partition coefficient (Wildman–Crippen LogP) is 3.32. The van der Waals surface area contributed by atoms with Gasteiger partial charge in [0.15, 0.2) is 0 Å². The van der Waals surface area contributed by atoms with Crippen LogP contribution in [0, 0.1) is 0 Å². The van der Waals surface area contributed by atoms with Gasteiger partial charge in [-0.05, 0) is 49.6 Å². The summed E-state index contributed by atoms with van der Waals surface area (Å²) in [6, 6.07) is 8.83. The van der Waals surface area contributed by atoms with Crippen LogP contribution in [0.4, 0.5) is 5.82 Å². The number of rotatable bonds is 5. The van der Waals surface area contributed by atoms with E-state index in [4.69, 9.17) is 5.73 Å². The Balaban J connectivity index is 1.56. The number of aryl methyl sites for hydroxylation is 1. The van der Waals surface area contributed by atoms with Gasteiger partial charge in [0.2, 0.25) is 5.91 Å². The Morgan fingerprint density at radius 1 is 1.19 bits per heavy atom. The first kappa shape index (κ1) is 20.7. The lowest BCUT2D eigenvalue weighted by molar-refractivity contribution is -0.125. The summed E-state index contributed by atoms with van der Waals surface area (Å²) < 4.78 is 2.13. The molecule has 0 spiro atoms. The first-order valence-electron chi connectivity index (χ1n) is 11.4. The maximum atomic E-state index is 12.2. The molecular formula is C25H30N6O. The number of hydrogen-bond donors (Lipinski definition) is 1. The number of benzene rings is 1. The fourth-order valence-corrected chi connectivity index (χ4v) is 5.35. The van der Waals surface area contributed by atoms with Crippen LogP contribution in [-0.4, -0.2) is 56.4 Å². The average molecular weight is 431 g/mol. The van der Waals surface area contributed by atoms with Crippen molar-refractivity contribution in [2.75, 3.05) is 31.9 Å². The Morgan fingerprint density at radius 2 is 1.94 bits per heavy atom. The van der Waals surface area contributed by atoms with Gasteiger partial charge in [0, 0.05) is 43.9 Å². The summed E-state index contributed by atoms with van der Waals surface area (Å²) in [5.41, 5.74) is 11.9. The van der Waals surface area contributed by atoms with Gasteiger partial charge in [-0.2, -0.15) is 0 Å². The molecule has 7 nitrogen and oxygen atoms in total. The van der Waals surface area contributed by atoms with Crippen LogP contribution in [-0.2, 0) is 18.4 Å². The smallest absolute Gasteiger partial charge is 0.245 e. The van der Waals surface area contributed by atoms with E-state index in [2.05, 4.69) is 50.3 Å². The van der Waals surface area contributed by atoms with Gasteiger partial charge in [-0.1, -0.05) is 30.8 Å². The number of nitrogen functional groups attached to an aromatic ring is 1. The highest BCUT2D eigenvalue weighted by atomic mass is 16.2. The van der Waals surface area contributed by atoms with Crippen LogP contribution in [0.3, 0.4) is 0 Å². The molecule has 0 bridgehead atoms. The molecule has 3 aromatic rings. The largest absolute Gasteiger partial charge is 0.383 e. The number of carbonyl (C=O) groups is 1. The average Bonchev–Trinajstić information content (AvgIpc) is 3.54. The van der Waals surface area contributed by atoms with Crippen LogP contribution >= 0.6 is 0 Å². The number of hydrogen-bond acceptors (Lipinski definition) is 5. The molecule has 2 fully saturated rings. The summed E-state index contributed by atoms with van der Waals surface area (Å²) in [5, 5.41) is 0.894. The lowest BCUT2D eigenvalue weighted by atomic mass is 9.94. The van der Waals surface area contributed by atoms with Crippen LogP contribution in [0.5, 0.6) is 0 Å². The topological polar surface area (TPSA) is 80.3 Å². The number of aromatic nitrogens is 3. The van der Waals surface area contributed by atoms with Gasteiger partial charge >= 0.3 is 0 Å². The molecule has 0 saturated carbocycles. The lowest BCUT2D eigenvalue weighted by Crippen LogP contribution is -2.26. The molecular weight excluding hydrogens is 400 g/mol. The minimum Gasteiger partial charge on any atom is -0.383 e. The third-order valence-corrected chi connectivity index (χ3v) is 6.95. The molecule has 166 valence electrons. The van der Waals surface area contributed by atoms with Gasteiger partial charge in [0.1, 0.15) is 17.8 Å². The summed E-state index contributed by atoms with van der Waals surface area (Å²) in [6.07, 6.45) is 6.41. The molecule has 2 aromatic heterocycles. The van der Waals surface area contributed by atoms with Crippen molar-refractivity contribution in [3.8, 4) is 11.1 Å². The molecule has 1 amide bonds. The van der Waals surface area contributed by atoms with E-state index in [1.807, 2.05) is 11.9 Å². The molecule has 2 aliphatic rings. The molecule has 32 heavy (non-hydrogen) atoms. The fraction of sp³-hybridized carbons (Fsp3) is 0.400. The van der Waals surface area contributed by atoms with E-state index < -0.39 is 0 Å². The van der Waals surface area contributed by atoms with E-state index in [9.17, 15) is 4.79 Å². The number of nitrogens with two attached hydrogens (primary N) is 1. The van der Waals surface area contributed by atoms with E-state index in [1.165, 1.54) is 49.6 Å². The van der Waals surface area contributed by atoms with Gasteiger partial charge in [0.05, 0.1) is 5.39 Å². The first-order valence-corrected chi connectivity index (χ1v) is 11.4. The van der Waals surface area contributed by atoms with Crippen LogP contribution in [0.1, 0.15) is 36.4 Å². The van der Waals surface area contributed by atoms with Crippen molar-refractivity contribution >= 4 is 22.8 Å². The number of carbonyl (C=O) groups excluding carboxylic acids is 1. The summed E-state index contributed by atoms with van der Waals surface area (Å²) in [7, 11) is 2.04. The van der Waals surface area contributed by atoms with Crippen molar-refractivity contribution in [1.29, 1.82) is 0 Å². The normalized spacial score (nSPS) is 19.2. The van der Waals surface area contributed by atoms with Crippen LogP contribution in [0.15, 0.2) is 43.2 Å². The van der Waals surface area contributed by atoms with Crippen LogP contribution in [0.25, 0.3) is 22.2 Å². The Kier molecular flexibility index (Phi) is 5.43. The molecule has 5 rings (SSSR count). The molecule has 1 atom stereocenters. The van der Waals surface area contributed by atoms with Gasteiger partial charge in [-0.15, -0.1) is 0 Å². The predicted molar refractivity (Wildman–Crippen MR) is 127 cm³/mol. The van der Waals surface area contributed by atoms with E-state index >= 15 is 0 Å². The van der Waals surface area contributed by atoms with Crippen molar-refractivity contribution in [2.45, 2.75) is 31.7 Å². The zero-order chi connectivity index (χ0) is 22.2. The second-order valence-corrected chi connectivity index (χ2v) is 8.93. The molecule has 1 unspecified atom stereocenters. The van der Waals surface area contributed by atoms with Crippen molar-refractivity contribution in [3.05, 3.63) is 54.5 Å². The van der Waals surface area contributed by atoms with E-state index in [1.54, 1.807) is 0 Å². The number of fused-ring (bicyclic) bond motifs is 1. The Hall–Kier alpha value is -3.19. The highest BCUT2D eigenvalue weighted by molar-refractivity contribution is 6.02. The maximum Gasteiger partial charge on any atom is 0.245 e. The standard InChI is InChI=1S/C25H30N6O/c1-3-20(32)31-13-10-19(15-31)23-21(22-24(26)27-16-28-25(22)29(23)2)18-8-6-17(7-9-18)14-30-11-4-5-12-30/h3,6-9,16,19H,1,4-5,10-15H2,2H3,(H2,26,27,28). The number of nitrogens with zero attached hydrogens (tertiary/aromatic N) is 5. The van der Waals surface area contributed by atoms with Crippen molar-refractivity contribution in [3.63, 3.8) is 0 Å². The summed E-state index contributed by atoms with van der Waals surface area (Å²) in [5.74, 6) is 0.681. The third-order valence-electron chi connectivity index (χ3n) is 6.95. The van der Waals surface area contributed by atoms with Crippen LogP contribution < -0.4 is 5.73 Å². The number of amides is 1. The molecule has 2 aliphatic heterocycles. The van der Waals surface area contributed by atoms with Gasteiger partial charge < -0.3 is 15.2 Å². The Labute approximate surface area is 188 Å².